The fourth-order valence-corrected chi connectivity index (χ4v) is 2.96. The van der Waals surface area contributed by atoms with Gasteiger partial charge in [-0.05, 0) is 57.2 Å². The Balaban J connectivity index is 1.86. The summed E-state index contributed by atoms with van der Waals surface area (Å²) in [4.78, 5) is 48.2. The summed E-state index contributed by atoms with van der Waals surface area (Å²) in [7, 11) is 1.07. The number of amides is 3. The number of ether oxygens (including phenoxy) is 2. The van der Waals surface area contributed by atoms with Gasteiger partial charge in [0, 0.05) is 18.7 Å². The predicted octanol–water partition coefficient (Wildman–Crippen LogP) is 1.74. The molecule has 0 spiro atoms. The van der Waals surface area contributed by atoms with Gasteiger partial charge in [0.2, 0.25) is 0 Å². The van der Waals surface area contributed by atoms with Crippen molar-refractivity contribution in [3.05, 3.63) is 35.4 Å². The first-order valence-corrected chi connectivity index (χ1v) is 9.37. The Hall–Kier alpha value is -3.10. The third-order valence-corrected chi connectivity index (χ3v) is 4.45. The number of benzene rings is 1. The van der Waals surface area contributed by atoms with E-state index in [0.29, 0.717) is 18.7 Å². The number of likely N-dealkylation sites (tertiary alicyclic amines) is 1. The summed E-state index contributed by atoms with van der Waals surface area (Å²) in [5.41, 5.74) is 5.03. The molecule has 0 aromatic heterocycles. The number of piperidine rings is 1. The molecule has 3 amide bonds. The molecule has 9 heteroatoms. The maximum absolute atomic E-state index is 12.1. The van der Waals surface area contributed by atoms with Crippen LogP contribution in [0.15, 0.2) is 24.3 Å². The minimum absolute atomic E-state index is 0.282. The van der Waals surface area contributed by atoms with E-state index in [1.807, 2.05) is 38.3 Å². The van der Waals surface area contributed by atoms with Gasteiger partial charge in [0.05, 0.1) is 7.11 Å². The first-order valence-electron chi connectivity index (χ1n) is 9.37. The van der Waals surface area contributed by atoms with E-state index in [1.54, 1.807) is 17.0 Å². The summed E-state index contributed by atoms with van der Waals surface area (Å²) in [6.07, 6.45) is 1.32. The van der Waals surface area contributed by atoms with Gasteiger partial charge < -0.3 is 14.4 Å². The first-order chi connectivity index (χ1) is 13.6. The number of rotatable bonds is 2. The van der Waals surface area contributed by atoms with Gasteiger partial charge in [-0.25, -0.2) is 9.59 Å². The Labute approximate surface area is 169 Å². The molecule has 1 aromatic rings. The summed E-state index contributed by atoms with van der Waals surface area (Å²) in [5.74, 6) is -2.43. The molecular weight excluding hydrogens is 378 g/mol. The van der Waals surface area contributed by atoms with Crippen molar-refractivity contribution in [3.8, 4) is 0 Å². The zero-order chi connectivity index (χ0) is 21.6. The van der Waals surface area contributed by atoms with Crippen molar-refractivity contribution in [1.29, 1.82) is 0 Å². The minimum atomic E-state index is -1.10. The quantitative estimate of drug-likeness (QED) is 0.440. The van der Waals surface area contributed by atoms with Gasteiger partial charge in [-0.15, -0.1) is 0 Å². The summed E-state index contributed by atoms with van der Waals surface area (Å²) in [6, 6.07) is 7.00. The molecule has 9 nitrogen and oxygen atoms in total. The number of esters is 1. The fraction of sp³-hybridized carbons (Fsp3) is 0.500. The van der Waals surface area contributed by atoms with Gasteiger partial charge in [-0.2, -0.15) is 0 Å². The predicted molar refractivity (Wildman–Crippen MR) is 104 cm³/mol. The van der Waals surface area contributed by atoms with Gasteiger partial charge in [0.1, 0.15) is 5.60 Å². The highest BCUT2D eigenvalue weighted by Crippen LogP contribution is 2.29. The van der Waals surface area contributed by atoms with Crippen LogP contribution < -0.4 is 10.9 Å². The van der Waals surface area contributed by atoms with Gasteiger partial charge in [-0.3, -0.25) is 20.4 Å². The van der Waals surface area contributed by atoms with Crippen molar-refractivity contribution < 1.29 is 28.7 Å². The van der Waals surface area contributed by atoms with Crippen LogP contribution in [0, 0.1) is 0 Å². The van der Waals surface area contributed by atoms with Crippen LogP contribution >= 0.6 is 0 Å². The SMILES string of the molecule is COC(=O)C(=O)NNC(=O)c1ccc(C2CCN(C(=O)OC(C)(C)C)CC2)cc1. The summed E-state index contributed by atoms with van der Waals surface area (Å²) in [5, 5.41) is 0. The lowest BCUT2D eigenvalue weighted by Crippen LogP contribution is -2.45. The fourth-order valence-electron chi connectivity index (χ4n) is 2.96. The van der Waals surface area contributed by atoms with E-state index in [4.69, 9.17) is 4.74 Å². The van der Waals surface area contributed by atoms with E-state index in [9.17, 15) is 19.2 Å². The van der Waals surface area contributed by atoms with Crippen molar-refractivity contribution in [2.24, 2.45) is 0 Å². The largest absolute Gasteiger partial charge is 0.462 e. The van der Waals surface area contributed by atoms with E-state index in [0.717, 1.165) is 25.5 Å². The number of methoxy groups -OCH3 is 1. The average molecular weight is 405 g/mol. The zero-order valence-corrected chi connectivity index (χ0v) is 17.1. The Bertz CT molecular complexity index is 761. The van der Waals surface area contributed by atoms with Crippen LogP contribution in [0.3, 0.4) is 0 Å². The molecule has 1 aliphatic heterocycles. The molecule has 1 aromatic carbocycles. The van der Waals surface area contributed by atoms with E-state index in [2.05, 4.69) is 10.2 Å². The molecule has 2 N–H and O–H groups in total. The van der Waals surface area contributed by atoms with Crippen LogP contribution in [-0.2, 0) is 19.1 Å². The molecule has 0 aliphatic carbocycles. The smallest absolute Gasteiger partial charge is 0.410 e. The Kier molecular flexibility index (Phi) is 7.19. The molecule has 29 heavy (non-hydrogen) atoms. The second kappa shape index (κ2) is 9.40. The molecule has 0 radical (unpaired) electrons. The molecule has 1 heterocycles. The van der Waals surface area contributed by atoms with Crippen LogP contribution in [0.1, 0.15) is 55.5 Å². The second-order valence-electron chi connectivity index (χ2n) is 7.76. The lowest BCUT2D eigenvalue weighted by atomic mass is 9.89. The van der Waals surface area contributed by atoms with Crippen LogP contribution in [0.25, 0.3) is 0 Å². The molecule has 0 saturated carbocycles. The third-order valence-electron chi connectivity index (χ3n) is 4.45. The Morgan fingerprint density at radius 3 is 2.10 bits per heavy atom. The summed E-state index contributed by atoms with van der Waals surface area (Å²) >= 11 is 0. The standard InChI is InChI=1S/C20H27N3O6/c1-20(2,3)29-19(27)23-11-9-14(10-12-23)13-5-7-15(8-6-13)16(24)21-22-17(25)18(26)28-4/h5-8,14H,9-12H2,1-4H3,(H,21,24)(H,22,25). The molecule has 2 rings (SSSR count). The van der Waals surface area contributed by atoms with Crippen LogP contribution in [0.4, 0.5) is 4.79 Å². The summed E-state index contributed by atoms with van der Waals surface area (Å²) < 4.78 is 9.65. The minimum Gasteiger partial charge on any atom is -0.462 e. The Morgan fingerprint density at radius 2 is 1.59 bits per heavy atom. The molecule has 0 atom stereocenters. The van der Waals surface area contributed by atoms with Gasteiger partial charge >= 0.3 is 18.0 Å². The number of hydrogen-bond acceptors (Lipinski definition) is 6. The highest BCUT2D eigenvalue weighted by atomic mass is 16.6. The number of nitrogens with one attached hydrogen (secondary N) is 2. The number of hydrogen-bond donors (Lipinski definition) is 2. The molecule has 0 bridgehead atoms. The lowest BCUT2D eigenvalue weighted by molar-refractivity contribution is -0.153. The average Bonchev–Trinajstić information content (AvgIpc) is 2.70. The van der Waals surface area contributed by atoms with Crippen molar-refractivity contribution in [1.82, 2.24) is 15.8 Å². The second-order valence-corrected chi connectivity index (χ2v) is 7.76. The zero-order valence-electron chi connectivity index (χ0n) is 17.1. The van der Waals surface area contributed by atoms with E-state index < -0.39 is 23.4 Å². The van der Waals surface area contributed by atoms with Crippen LogP contribution in [0.5, 0.6) is 0 Å². The van der Waals surface area contributed by atoms with Gasteiger partial charge in [0.25, 0.3) is 5.91 Å². The highest BCUT2D eigenvalue weighted by Gasteiger charge is 2.27. The number of nitrogens with zero attached hydrogens (tertiary/aromatic N) is 1. The van der Waals surface area contributed by atoms with Crippen molar-refractivity contribution in [2.75, 3.05) is 20.2 Å². The summed E-state index contributed by atoms with van der Waals surface area (Å²) in [6.45, 7) is 6.76. The van der Waals surface area contributed by atoms with Gasteiger partial charge in [-0.1, -0.05) is 12.1 Å². The molecule has 1 saturated heterocycles. The maximum atomic E-state index is 12.1. The Morgan fingerprint density at radius 1 is 1.00 bits per heavy atom. The van der Waals surface area contributed by atoms with E-state index in [-0.39, 0.29) is 12.0 Å². The normalized spacial score (nSPS) is 14.7. The lowest BCUT2D eigenvalue weighted by Gasteiger charge is -2.33. The highest BCUT2D eigenvalue weighted by molar-refractivity contribution is 6.32. The third kappa shape index (κ3) is 6.48. The maximum Gasteiger partial charge on any atom is 0.410 e. The van der Waals surface area contributed by atoms with Crippen LogP contribution in [-0.4, -0.2) is 54.6 Å². The number of carbonyl (C=O) groups is 4. The number of carbonyl (C=O) groups excluding carboxylic acids is 4. The van der Waals surface area contributed by atoms with Crippen molar-refractivity contribution in [3.63, 3.8) is 0 Å². The van der Waals surface area contributed by atoms with Crippen LogP contribution in [0.2, 0.25) is 0 Å². The van der Waals surface area contributed by atoms with E-state index >= 15 is 0 Å². The molecule has 158 valence electrons. The van der Waals surface area contributed by atoms with Crippen molar-refractivity contribution in [2.45, 2.75) is 45.1 Å². The number of hydrazine groups is 1. The monoisotopic (exact) mass is 405 g/mol. The van der Waals surface area contributed by atoms with Gasteiger partial charge in [0.15, 0.2) is 0 Å². The topological polar surface area (TPSA) is 114 Å². The first kappa shape index (κ1) is 22.2. The molecular formula is C20H27N3O6. The van der Waals surface area contributed by atoms with Crippen molar-refractivity contribution >= 4 is 23.9 Å². The molecule has 0 unspecified atom stereocenters. The molecule has 1 aliphatic rings. The van der Waals surface area contributed by atoms with E-state index in [1.165, 1.54) is 0 Å². The molecule has 1 fully saturated rings.